The lowest BCUT2D eigenvalue weighted by molar-refractivity contribution is -0.113. The van der Waals surface area contributed by atoms with Gasteiger partial charge >= 0.3 is 0 Å². The smallest absolute Gasteiger partial charge is 0.235 e. The monoisotopic (exact) mass is 563 g/mol. The molecule has 4 fully saturated rings. The summed E-state index contributed by atoms with van der Waals surface area (Å²) in [5, 5.41) is 23.6. The first kappa shape index (κ1) is 27.1. The van der Waals surface area contributed by atoms with Crippen molar-refractivity contribution in [2.24, 2.45) is 34.5 Å². The molecule has 4 bridgehead atoms. The molecule has 1 unspecified atom stereocenters. The van der Waals surface area contributed by atoms with Crippen molar-refractivity contribution in [1.82, 2.24) is 14.8 Å². The van der Waals surface area contributed by atoms with Gasteiger partial charge in [0, 0.05) is 17.8 Å². The van der Waals surface area contributed by atoms with Gasteiger partial charge in [-0.05, 0) is 97.9 Å². The number of fused-ring (bicyclic) bond motifs is 1. The first-order chi connectivity index (χ1) is 18.7. The normalized spacial score (nSPS) is 29.2. The minimum absolute atomic E-state index is 0.0988. The van der Waals surface area contributed by atoms with Crippen molar-refractivity contribution in [1.29, 1.82) is 5.26 Å². The van der Waals surface area contributed by atoms with Crippen molar-refractivity contribution in [3.63, 3.8) is 0 Å². The first-order valence-electron chi connectivity index (χ1n) is 14.7. The quantitative estimate of drug-likeness (QED) is 0.275. The van der Waals surface area contributed by atoms with Crippen molar-refractivity contribution in [3.8, 4) is 6.07 Å². The van der Waals surface area contributed by atoms with E-state index in [1.807, 2.05) is 6.08 Å². The fourth-order valence-corrected chi connectivity index (χ4v) is 10.6. The van der Waals surface area contributed by atoms with Crippen molar-refractivity contribution < 1.29 is 4.79 Å². The highest BCUT2D eigenvalue weighted by Gasteiger charge is 2.51. The molecule has 0 spiro atoms. The van der Waals surface area contributed by atoms with Gasteiger partial charge in [0.05, 0.1) is 11.3 Å². The van der Waals surface area contributed by atoms with Gasteiger partial charge in [0.1, 0.15) is 16.9 Å². The summed E-state index contributed by atoms with van der Waals surface area (Å²) >= 11 is 3.02. The van der Waals surface area contributed by atoms with Gasteiger partial charge in [0.15, 0.2) is 5.16 Å². The second-order valence-corrected chi connectivity index (χ2v) is 15.9. The van der Waals surface area contributed by atoms with Crippen LogP contribution in [0.1, 0.15) is 87.5 Å². The van der Waals surface area contributed by atoms with Crippen molar-refractivity contribution >= 4 is 34.0 Å². The third kappa shape index (κ3) is 5.34. The molecule has 8 heteroatoms. The minimum atomic E-state index is -0.0988. The SMILES string of the molecule is C=CCn1c(CC23CC4CC(CC(C4)C2)C3)nnc1SCC(=O)Nc1sc2c(c1C#N)CCC(C(C)(C)C)C2. The molecule has 39 heavy (non-hydrogen) atoms. The zero-order valence-corrected chi connectivity index (χ0v) is 25.2. The van der Waals surface area contributed by atoms with E-state index in [0.29, 0.717) is 28.4 Å². The molecule has 208 valence electrons. The van der Waals surface area contributed by atoms with Gasteiger partial charge in [0.2, 0.25) is 5.91 Å². The Morgan fingerprint density at radius 1 is 1.23 bits per heavy atom. The van der Waals surface area contributed by atoms with Crippen LogP contribution in [0, 0.1) is 45.8 Å². The summed E-state index contributed by atoms with van der Waals surface area (Å²) in [5.41, 5.74) is 2.43. The number of rotatable bonds is 8. The minimum Gasteiger partial charge on any atom is -0.316 e. The van der Waals surface area contributed by atoms with Crippen LogP contribution in [0.15, 0.2) is 17.8 Å². The van der Waals surface area contributed by atoms with E-state index in [4.69, 9.17) is 0 Å². The molecule has 0 saturated heterocycles. The second-order valence-electron chi connectivity index (χ2n) is 13.9. The van der Waals surface area contributed by atoms with Gasteiger partial charge in [-0.3, -0.25) is 4.79 Å². The lowest BCUT2D eigenvalue weighted by Gasteiger charge is -2.56. The number of allylic oxidation sites excluding steroid dienone is 1. The fourth-order valence-electron chi connectivity index (χ4n) is 8.54. The summed E-state index contributed by atoms with van der Waals surface area (Å²) in [4.78, 5) is 14.3. The van der Waals surface area contributed by atoms with Crippen LogP contribution in [0.25, 0.3) is 0 Å². The third-order valence-electron chi connectivity index (χ3n) is 9.99. The van der Waals surface area contributed by atoms with Crippen LogP contribution in [-0.4, -0.2) is 26.4 Å². The number of aromatic nitrogens is 3. The lowest BCUT2D eigenvalue weighted by atomic mass is 9.49. The zero-order valence-electron chi connectivity index (χ0n) is 23.6. The van der Waals surface area contributed by atoms with Gasteiger partial charge in [-0.2, -0.15) is 5.26 Å². The molecule has 1 N–H and O–H groups in total. The maximum atomic E-state index is 13.1. The molecule has 6 nitrogen and oxygen atoms in total. The van der Waals surface area contributed by atoms with Gasteiger partial charge in [-0.1, -0.05) is 38.6 Å². The summed E-state index contributed by atoms with van der Waals surface area (Å²) < 4.78 is 2.17. The maximum Gasteiger partial charge on any atom is 0.235 e. The molecule has 0 aliphatic heterocycles. The molecule has 1 atom stereocenters. The number of hydrogen-bond acceptors (Lipinski definition) is 6. The Morgan fingerprint density at radius 3 is 2.54 bits per heavy atom. The molecule has 0 radical (unpaired) electrons. The van der Waals surface area contributed by atoms with E-state index in [2.05, 4.69) is 53.5 Å². The van der Waals surface area contributed by atoms with Crippen LogP contribution in [0.5, 0.6) is 0 Å². The van der Waals surface area contributed by atoms with E-state index in [9.17, 15) is 10.1 Å². The number of amides is 1. The molecule has 1 amide bonds. The van der Waals surface area contributed by atoms with Crippen LogP contribution >= 0.6 is 23.1 Å². The number of nitriles is 1. The zero-order chi connectivity index (χ0) is 27.4. The molecular weight excluding hydrogens is 523 g/mol. The van der Waals surface area contributed by atoms with E-state index in [1.165, 1.54) is 55.2 Å². The number of nitrogens with one attached hydrogen (secondary N) is 1. The average Bonchev–Trinajstić information content (AvgIpc) is 3.40. The number of thiophene rings is 1. The predicted molar refractivity (Wildman–Crippen MR) is 158 cm³/mol. The first-order valence-corrected chi connectivity index (χ1v) is 16.5. The summed E-state index contributed by atoms with van der Waals surface area (Å²) in [5.74, 6) is 4.51. The summed E-state index contributed by atoms with van der Waals surface area (Å²) in [6.45, 7) is 11.5. The molecular formula is C31H41N5OS2. The van der Waals surface area contributed by atoms with E-state index in [-0.39, 0.29) is 17.1 Å². The predicted octanol–water partition coefficient (Wildman–Crippen LogP) is 7.04. The number of thioether (sulfide) groups is 1. The molecule has 2 aromatic heterocycles. The van der Waals surface area contributed by atoms with Gasteiger partial charge in [-0.15, -0.1) is 28.1 Å². The Kier molecular flexibility index (Phi) is 7.20. The molecule has 0 aromatic carbocycles. The van der Waals surface area contributed by atoms with Crippen molar-refractivity contribution in [2.45, 2.75) is 96.7 Å². The molecule has 2 aromatic rings. The Morgan fingerprint density at radius 2 is 1.92 bits per heavy atom. The standard InChI is InChI=1S/C31H41N5OS2/c1-5-8-36-26(16-31-13-19-9-20(14-31)11-21(10-19)15-31)34-35-29(36)38-18-27(37)33-28-24(17-32)23-7-6-22(30(2,3)4)12-25(23)39-28/h5,19-22H,1,6-16,18H2,2-4H3,(H,33,37). The van der Waals surface area contributed by atoms with E-state index >= 15 is 0 Å². The Labute approximate surface area is 241 Å². The third-order valence-corrected chi connectivity index (χ3v) is 12.1. The fraction of sp³-hybridized carbons (Fsp3) is 0.677. The van der Waals surface area contributed by atoms with Gasteiger partial charge in [-0.25, -0.2) is 0 Å². The molecule has 5 aliphatic rings. The highest BCUT2D eigenvalue weighted by atomic mass is 32.2. The average molecular weight is 564 g/mol. The molecule has 7 rings (SSSR count). The molecule has 4 saturated carbocycles. The van der Waals surface area contributed by atoms with E-state index < -0.39 is 0 Å². The molecule has 5 aliphatic carbocycles. The Balaban J connectivity index is 1.12. The van der Waals surface area contributed by atoms with Crippen molar-refractivity contribution in [2.75, 3.05) is 11.1 Å². The number of anilines is 1. The summed E-state index contributed by atoms with van der Waals surface area (Å²) in [7, 11) is 0. The van der Waals surface area contributed by atoms with Crippen LogP contribution in [0.2, 0.25) is 0 Å². The van der Waals surface area contributed by atoms with Gasteiger partial charge < -0.3 is 9.88 Å². The van der Waals surface area contributed by atoms with Crippen molar-refractivity contribution in [3.05, 3.63) is 34.5 Å². The van der Waals surface area contributed by atoms with Gasteiger partial charge in [0.25, 0.3) is 0 Å². The highest BCUT2D eigenvalue weighted by Crippen LogP contribution is 2.61. The van der Waals surface area contributed by atoms with E-state index in [0.717, 1.165) is 60.0 Å². The Bertz CT molecular complexity index is 1270. The largest absolute Gasteiger partial charge is 0.316 e. The number of carbonyl (C=O) groups is 1. The van der Waals surface area contributed by atoms with Crippen LogP contribution in [-0.2, 0) is 30.6 Å². The number of hydrogen-bond donors (Lipinski definition) is 1. The van der Waals surface area contributed by atoms with Crippen LogP contribution in [0.3, 0.4) is 0 Å². The second kappa shape index (κ2) is 10.4. The summed E-state index contributed by atoms with van der Waals surface area (Å²) in [6, 6.07) is 2.38. The maximum absolute atomic E-state index is 13.1. The number of carbonyl (C=O) groups excluding carboxylic acids is 1. The van der Waals surface area contributed by atoms with E-state index in [1.54, 1.807) is 11.3 Å². The number of nitrogens with zero attached hydrogens (tertiary/aromatic N) is 4. The van der Waals surface area contributed by atoms with Crippen LogP contribution in [0.4, 0.5) is 5.00 Å². The highest BCUT2D eigenvalue weighted by molar-refractivity contribution is 7.99. The topological polar surface area (TPSA) is 83.6 Å². The van der Waals surface area contributed by atoms with Crippen LogP contribution < -0.4 is 5.32 Å². The summed E-state index contributed by atoms with van der Waals surface area (Å²) in [6.07, 6.45) is 14.2. The lowest BCUT2D eigenvalue weighted by Crippen LogP contribution is -2.47. The Hall–Kier alpha value is -2.11. The molecule has 2 heterocycles.